The molecule has 5 nitrogen and oxygen atoms in total. The van der Waals surface area contributed by atoms with Crippen molar-refractivity contribution in [3.63, 3.8) is 0 Å². The van der Waals surface area contributed by atoms with E-state index in [9.17, 15) is 4.79 Å². The first-order valence-corrected chi connectivity index (χ1v) is 7.06. The second-order valence-corrected chi connectivity index (χ2v) is 4.80. The van der Waals surface area contributed by atoms with E-state index in [0.29, 0.717) is 13.0 Å². The molecule has 22 heavy (non-hydrogen) atoms. The van der Waals surface area contributed by atoms with Crippen molar-refractivity contribution in [2.45, 2.75) is 12.5 Å². The smallest absolute Gasteiger partial charge is 0.223 e. The molecule has 0 fully saturated rings. The Morgan fingerprint density at radius 3 is 2.32 bits per heavy atom. The summed E-state index contributed by atoms with van der Waals surface area (Å²) >= 11 is 0. The lowest BCUT2D eigenvalue weighted by atomic mass is 9.99. The highest BCUT2D eigenvalue weighted by molar-refractivity contribution is 5.77. The van der Waals surface area contributed by atoms with Crippen LogP contribution in [0, 0.1) is 0 Å². The number of pyridine rings is 1. The van der Waals surface area contributed by atoms with E-state index in [4.69, 9.17) is 9.47 Å². The molecule has 1 N–H and O–H groups in total. The van der Waals surface area contributed by atoms with Crippen LogP contribution in [0.1, 0.15) is 23.6 Å². The van der Waals surface area contributed by atoms with E-state index in [2.05, 4.69) is 10.3 Å². The Hall–Kier alpha value is -2.40. The van der Waals surface area contributed by atoms with Crippen LogP contribution in [0.5, 0.6) is 5.75 Å². The summed E-state index contributed by atoms with van der Waals surface area (Å²) in [5.41, 5.74) is 1.96. The minimum atomic E-state index is -0.224. The van der Waals surface area contributed by atoms with E-state index in [1.807, 2.05) is 36.4 Å². The van der Waals surface area contributed by atoms with Crippen molar-refractivity contribution < 1.29 is 14.3 Å². The molecule has 1 amide bonds. The van der Waals surface area contributed by atoms with Crippen LogP contribution in [0.15, 0.2) is 48.8 Å². The van der Waals surface area contributed by atoms with Crippen LogP contribution in [-0.2, 0) is 9.53 Å². The number of hydrogen-bond acceptors (Lipinski definition) is 4. The van der Waals surface area contributed by atoms with Crippen LogP contribution >= 0.6 is 0 Å². The highest BCUT2D eigenvalue weighted by Crippen LogP contribution is 2.23. The predicted octanol–water partition coefficient (Wildman–Crippen LogP) is 2.33. The summed E-state index contributed by atoms with van der Waals surface area (Å²) in [6.45, 7) is 0.400. The lowest BCUT2D eigenvalue weighted by Crippen LogP contribution is -2.30. The van der Waals surface area contributed by atoms with Gasteiger partial charge in [0.15, 0.2) is 0 Å². The fourth-order valence-corrected chi connectivity index (χ4v) is 2.14. The van der Waals surface area contributed by atoms with E-state index in [-0.39, 0.29) is 11.9 Å². The number of hydrogen-bond donors (Lipinski definition) is 1. The highest BCUT2D eigenvalue weighted by atomic mass is 16.5. The number of carbonyl (C=O) groups excluding carboxylic acids is 1. The van der Waals surface area contributed by atoms with Crippen LogP contribution in [0.4, 0.5) is 0 Å². The third-order valence-corrected chi connectivity index (χ3v) is 3.33. The van der Waals surface area contributed by atoms with Crippen molar-refractivity contribution in [1.29, 1.82) is 0 Å². The predicted molar refractivity (Wildman–Crippen MR) is 83.7 cm³/mol. The van der Waals surface area contributed by atoms with Gasteiger partial charge in [0, 0.05) is 25.9 Å². The van der Waals surface area contributed by atoms with Gasteiger partial charge >= 0.3 is 0 Å². The Morgan fingerprint density at radius 2 is 1.73 bits per heavy atom. The van der Waals surface area contributed by atoms with Gasteiger partial charge in [0.25, 0.3) is 0 Å². The Bertz CT molecular complexity index is 585. The van der Waals surface area contributed by atoms with Gasteiger partial charge in [-0.15, -0.1) is 0 Å². The number of ether oxygens (including phenoxy) is 2. The highest BCUT2D eigenvalue weighted by Gasteiger charge is 2.16. The molecule has 0 aliphatic rings. The van der Waals surface area contributed by atoms with Gasteiger partial charge in [0.2, 0.25) is 5.91 Å². The zero-order valence-electron chi connectivity index (χ0n) is 12.8. The average Bonchev–Trinajstić information content (AvgIpc) is 2.59. The number of amides is 1. The fourth-order valence-electron chi connectivity index (χ4n) is 2.14. The van der Waals surface area contributed by atoms with E-state index in [1.165, 1.54) is 0 Å². The first-order valence-electron chi connectivity index (χ1n) is 7.06. The summed E-state index contributed by atoms with van der Waals surface area (Å²) in [6.07, 6.45) is 3.76. The Kier molecular flexibility index (Phi) is 5.91. The van der Waals surface area contributed by atoms with E-state index < -0.39 is 0 Å². The first-order chi connectivity index (χ1) is 10.7. The second kappa shape index (κ2) is 8.14. The number of nitrogens with one attached hydrogen (secondary N) is 1. The normalized spacial score (nSPS) is 11.7. The average molecular weight is 300 g/mol. The largest absolute Gasteiger partial charge is 0.497 e. The van der Waals surface area contributed by atoms with Gasteiger partial charge < -0.3 is 14.8 Å². The molecule has 0 saturated carbocycles. The molecule has 1 atom stereocenters. The minimum absolute atomic E-state index is 0.0560. The van der Waals surface area contributed by atoms with E-state index in [0.717, 1.165) is 16.9 Å². The monoisotopic (exact) mass is 300 g/mol. The van der Waals surface area contributed by atoms with E-state index in [1.54, 1.807) is 26.6 Å². The van der Waals surface area contributed by atoms with Crippen molar-refractivity contribution in [2.75, 3.05) is 20.8 Å². The molecule has 0 saturated heterocycles. The maximum atomic E-state index is 12.1. The molecule has 5 heteroatoms. The summed E-state index contributed by atoms with van der Waals surface area (Å²) in [7, 11) is 3.21. The van der Waals surface area contributed by atoms with Gasteiger partial charge in [-0.2, -0.15) is 0 Å². The molecule has 1 aromatic carbocycles. The van der Waals surface area contributed by atoms with Gasteiger partial charge in [0.05, 0.1) is 19.8 Å². The van der Waals surface area contributed by atoms with Crippen LogP contribution in [0.3, 0.4) is 0 Å². The lowest BCUT2D eigenvalue weighted by molar-refractivity contribution is -0.122. The maximum absolute atomic E-state index is 12.1. The zero-order valence-corrected chi connectivity index (χ0v) is 12.8. The molecule has 2 rings (SSSR count). The fraction of sp³-hybridized carbons (Fsp3) is 0.294. The molecule has 0 aliphatic carbocycles. The number of benzene rings is 1. The van der Waals surface area contributed by atoms with Gasteiger partial charge in [0.1, 0.15) is 5.75 Å². The SMILES string of the molecule is COCCC(=O)N[C@H](c1ccncc1)c1ccc(OC)cc1. The molecule has 2 aromatic rings. The summed E-state index contributed by atoms with van der Waals surface area (Å²) in [6, 6.07) is 11.2. The Balaban J connectivity index is 2.22. The number of nitrogens with zero attached hydrogens (tertiary/aromatic N) is 1. The van der Waals surface area contributed by atoms with Gasteiger partial charge in [-0.05, 0) is 35.4 Å². The summed E-state index contributed by atoms with van der Waals surface area (Å²) in [5, 5.41) is 3.03. The molecule has 0 spiro atoms. The molecule has 1 heterocycles. The molecule has 0 bridgehead atoms. The molecule has 0 radical (unpaired) electrons. The number of carbonyl (C=O) groups is 1. The number of rotatable bonds is 7. The standard InChI is InChI=1S/C17H20N2O3/c1-21-12-9-16(20)19-17(14-7-10-18-11-8-14)13-3-5-15(22-2)6-4-13/h3-8,10-11,17H,9,12H2,1-2H3,(H,19,20)/t17-/m0/s1. The third kappa shape index (κ3) is 4.30. The topological polar surface area (TPSA) is 60.5 Å². The van der Waals surface area contributed by atoms with Crippen molar-refractivity contribution >= 4 is 5.91 Å². The molecular formula is C17H20N2O3. The van der Waals surface area contributed by atoms with Gasteiger partial charge in [-0.3, -0.25) is 9.78 Å². The van der Waals surface area contributed by atoms with Crippen molar-refractivity contribution in [2.24, 2.45) is 0 Å². The third-order valence-electron chi connectivity index (χ3n) is 3.33. The summed E-state index contributed by atoms with van der Waals surface area (Å²) in [5.74, 6) is 0.724. The van der Waals surface area contributed by atoms with E-state index >= 15 is 0 Å². The molecule has 0 aliphatic heterocycles. The number of methoxy groups -OCH3 is 2. The minimum Gasteiger partial charge on any atom is -0.497 e. The summed E-state index contributed by atoms with van der Waals surface area (Å²) < 4.78 is 10.1. The van der Waals surface area contributed by atoms with Crippen molar-refractivity contribution in [3.05, 3.63) is 59.9 Å². The molecule has 0 unspecified atom stereocenters. The molecule has 1 aromatic heterocycles. The lowest BCUT2D eigenvalue weighted by Gasteiger charge is -2.20. The zero-order chi connectivity index (χ0) is 15.8. The first kappa shape index (κ1) is 16.0. The van der Waals surface area contributed by atoms with Crippen LogP contribution < -0.4 is 10.1 Å². The van der Waals surface area contributed by atoms with Gasteiger partial charge in [-0.1, -0.05) is 12.1 Å². The van der Waals surface area contributed by atoms with Crippen molar-refractivity contribution in [1.82, 2.24) is 10.3 Å². The molecular weight excluding hydrogens is 280 g/mol. The van der Waals surface area contributed by atoms with Crippen molar-refractivity contribution in [3.8, 4) is 5.75 Å². The number of aromatic nitrogens is 1. The molecule has 116 valence electrons. The van der Waals surface area contributed by atoms with Crippen LogP contribution in [0.2, 0.25) is 0 Å². The van der Waals surface area contributed by atoms with Crippen LogP contribution in [-0.4, -0.2) is 31.7 Å². The summed E-state index contributed by atoms with van der Waals surface area (Å²) in [4.78, 5) is 16.1. The second-order valence-electron chi connectivity index (χ2n) is 4.80. The quantitative estimate of drug-likeness (QED) is 0.852. The Morgan fingerprint density at radius 1 is 1.09 bits per heavy atom. The van der Waals surface area contributed by atoms with Gasteiger partial charge in [-0.25, -0.2) is 0 Å². The maximum Gasteiger partial charge on any atom is 0.223 e. The Labute approximate surface area is 130 Å². The van der Waals surface area contributed by atoms with Crippen LogP contribution in [0.25, 0.3) is 0 Å².